The lowest BCUT2D eigenvalue weighted by atomic mass is 10.2. The summed E-state index contributed by atoms with van der Waals surface area (Å²) in [5.74, 6) is -1.32. The lowest BCUT2D eigenvalue weighted by Gasteiger charge is -2.30. The Morgan fingerprint density at radius 3 is 2.81 bits per heavy atom. The zero-order valence-electron chi connectivity index (χ0n) is 16.6. The van der Waals surface area contributed by atoms with Gasteiger partial charge >= 0.3 is 5.69 Å². The van der Waals surface area contributed by atoms with Crippen molar-refractivity contribution in [3.8, 4) is 17.4 Å². The summed E-state index contributed by atoms with van der Waals surface area (Å²) in [6.45, 7) is 1.43. The fourth-order valence-electron chi connectivity index (χ4n) is 3.77. The molecule has 2 aliphatic heterocycles. The summed E-state index contributed by atoms with van der Waals surface area (Å²) in [7, 11) is 1.66. The Kier molecular flexibility index (Phi) is 4.81. The van der Waals surface area contributed by atoms with Crippen LogP contribution in [0.1, 0.15) is 12.0 Å². The summed E-state index contributed by atoms with van der Waals surface area (Å²) in [4.78, 5) is 18.3. The van der Waals surface area contributed by atoms with E-state index < -0.39 is 23.1 Å². The highest BCUT2D eigenvalue weighted by Crippen LogP contribution is 2.31. The van der Waals surface area contributed by atoms with Gasteiger partial charge in [-0.05, 0) is 24.1 Å². The molecular weight excluding hydrogens is 412 g/mol. The minimum absolute atomic E-state index is 0.0824. The van der Waals surface area contributed by atoms with E-state index in [9.17, 15) is 13.6 Å². The molecule has 0 amide bonds. The molecule has 0 N–H and O–H groups in total. The Morgan fingerprint density at radius 2 is 2.06 bits per heavy atom. The van der Waals surface area contributed by atoms with E-state index in [-0.39, 0.29) is 29.8 Å². The van der Waals surface area contributed by atoms with Crippen molar-refractivity contribution in [2.75, 3.05) is 18.2 Å². The molecule has 1 atom stereocenters. The molecule has 0 aliphatic carbocycles. The average Bonchev–Trinajstić information content (AvgIpc) is 3.33. The predicted octanol–water partition coefficient (Wildman–Crippen LogP) is 2.19. The molecule has 1 fully saturated rings. The van der Waals surface area contributed by atoms with Gasteiger partial charge in [-0.25, -0.2) is 13.6 Å². The molecule has 4 heterocycles. The van der Waals surface area contributed by atoms with Crippen LogP contribution in [0.4, 0.5) is 14.6 Å². The molecule has 0 bridgehead atoms. The Morgan fingerprint density at radius 1 is 1.26 bits per heavy atom. The van der Waals surface area contributed by atoms with Gasteiger partial charge in [0.25, 0.3) is 0 Å². The Hall–Kier alpha value is -3.47. The maximum atomic E-state index is 14.4. The Balaban J connectivity index is 1.32. The highest BCUT2D eigenvalue weighted by atomic mass is 19.1. The minimum Gasteiger partial charge on any atom is -0.473 e. The predicted molar refractivity (Wildman–Crippen MR) is 104 cm³/mol. The van der Waals surface area contributed by atoms with E-state index in [1.54, 1.807) is 17.7 Å². The topological polar surface area (TPSA) is 83.6 Å². The number of hydrogen-bond donors (Lipinski definition) is 0. The van der Waals surface area contributed by atoms with E-state index in [2.05, 4.69) is 10.1 Å². The molecule has 0 saturated carbocycles. The molecule has 3 aromatic rings. The number of nitrogens with zero attached hydrogens (tertiary/aromatic N) is 5. The maximum Gasteiger partial charge on any atom is 0.352 e. The molecule has 0 spiro atoms. The molecule has 1 saturated heterocycles. The van der Waals surface area contributed by atoms with Gasteiger partial charge in [0.15, 0.2) is 23.1 Å². The van der Waals surface area contributed by atoms with Crippen molar-refractivity contribution in [3.05, 3.63) is 58.3 Å². The van der Waals surface area contributed by atoms with E-state index in [0.717, 1.165) is 18.6 Å². The fourth-order valence-corrected chi connectivity index (χ4v) is 3.77. The van der Waals surface area contributed by atoms with Gasteiger partial charge in [-0.1, -0.05) is 0 Å². The quantitative estimate of drug-likeness (QED) is 0.612. The number of hydrogen-bond acceptors (Lipinski definition) is 7. The van der Waals surface area contributed by atoms with Gasteiger partial charge in [-0.3, -0.25) is 9.25 Å². The van der Waals surface area contributed by atoms with Crippen LogP contribution < -0.4 is 20.1 Å². The van der Waals surface area contributed by atoms with Crippen LogP contribution >= 0.6 is 0 Å². The first kappa shape index (κ1) is 19.5. The summed E-state index contributed by atoms with van der Waals surface area (Å²) in [5.41, 5.74) is -0.199. The molecule has 1 aromatic carbocycles. The first-order chi connectivity index (χ1) is 15.0. The number of aromatic nitrogens is 4. The highest BCUT2D eigenvalue weighted by molar-refractivity contribution is 5.47. The number of fused-ring (bicyclic) bond motifs is 3. The molecule has 2 aliphatic rings. The second-order valence-corrected chi connectivity index (χ2v) is 7.42. The fraction of sp³-hybridized carbons (Fsp3) is 0.350. The number of benzene rings is 1. The van der Waals surface area contributed by atoms with Crippen molar-refractivity contribution in [2.45, 2.75) is 25.6 Å². The summed E-state index contributed by atoms with van der Waals surface area (Å²) in [5, 5.41) is 3.89. The van der Waals surface area contributed by atoms with Crippen LogP contribution in [0.15, 0.2) is 35.4 Å². The van der Waals surface area contributed by atoms with Crippen LogP contribution in [0, 0.1) is 11.6 Å². The molecule has 5 rings (SSSR count). The largest absolute Gasteiger partial charge is 0.473 e. The molecule has 0 radical (unpaired) electrons. The molecule has 11 heteroatoms. The normalized spacial score (nSPS) is 17.4. The van der Waals surface area contributed by atoms with Crippen molar-refractivity contribution >= 4 is 5.82 Å². The maximum absolute atomic E-state index is 14.4. The Bertz CT molecular complexity index is 1170. The highest BCUT2D eigenvalue weighted by Gasteiger charge is 2.33. The van der Waals surface area contributed by atoms with Gasteiger partial charge < -0.3 is 19.1 Å². The zero-order chi connectivity index (χ0) is 21.5. The van der Waals surface area contributed by atoms with Crippen molar-refractivity contribution in [2.24, 2.45) is 7.05 Å². The molecule has 1 unspecified atom stereocenters. The lowest BCUT2D eigenvalue weighted by Crippen LogP contribution is -2.39. The number of ether oxygens (including phenoxy) is 3. The number of rotatable bonds is 5. The van der Waals surface area contributed by atoms with Gasteiger partial charge in [-0.2, -0.15) is 10.1 Å². The summed E-state index contributed by atoms with van der Waals surface area (Å²) in [6.07, 6.45) is 3.67. The Labute approximate surface area is 175 Å². The first-order valence-corrected chi connectivity index (χ1v) is 9.71. The number of aryl methyl sites for hydroxylation is 1. The monoisotopic (exact) mass is 431 g/mol. The summed E-state index contributed by atoms with van der Waals surface area (Å²) >= 11 is 0. The van der Waals surface area contributed by atoms with E-state index in [4.69, 9.17) is 14.2 Å². The van der Waals surface area contributed by atoms with Crippen LogP contribution in [-0.2, 0) is 24.9 Å². The third kappa shape index (κ3) is 3.72. The van der Waals surface area contributed by atoms with Crippen LogP contribution in [0.3, 0.4) is 0 Å². The number of halogens is 2. The smallest absolute Gasteiger partial charge is 0.352 e. The average molecular weight is 431 g/mol. The molecule has 31 heavy (non-hydrogen) atoms. The van der Waals surface area contributed by atoms with Crippen LogP contribution in [-0.4, -0.2) is 38.7 Å². The zero-order valence-corrected chi connectivity index (χ0v) is 16.6. The second kappa shape index (κ2) is 7.65. The van der Waals surface area contributed by atoms with E-state index in [1.165, 1.54) is 17.1 Å². The van der Waals surface area contributed by atoms with Crippen molar-refractivity contribution in [1.82, 2.24) is 19.3 Å². The van der Waals surface area contributed by atoms with Gasteiger partial charge in [0, 0.05) is 19.7 Å². The minimum atomic E-state index is -0.877. The van der Waals surface area contributed by atoms with Crippen molar-refractivity contribution in [3.63, 3.8) is 0 Å². The third-order valence-corrected chi connectivity index (χ3v) is 5.27. The molecule has 9 nitrogen and oxygen atoms in total. The van der Waals surface area contributed by atoms with Gasteiger partial charge in [-0.15, -0.1) is 0 Å². The number of anilines is 1. The standard InChI is InChI=1S/C20H19F2N5O4/c1-25-9-14(7-23-25)31-19-15(21)4-12(5-16(19)22)10-30-17-6-18-26(20(28)24-17)8-13-2-3-29-11-27(13)18/h4-7,9,13H,2-3,8,10-11H2,1H3. The van der Waals surface area contributed by atoms with Crippen molar-refractivity contribution < 1.29 is 23.0 Å². The van der Waals surface area contributed by atoms with Gasteiger partial charge in [0.2, 0.25) is 5.88 Å². The second-order valence-electron chi connectivity index (χ2n) is 7.42. The van der Waals surface area contributed by atoms with Gasteiger partial charge in [0.1, 0.15) is 19.2 Å². The third-order valence-electron chi connectivity index (χ3n) is 5.27. The van der Waals surface area contributed by atoms with Crippen LogP contribution in [0.25, 0.3) is 0 Å². The van der Waals surface area contributed by atoms with Crippen LogP contribution in [0.5, 0.6) is 17.4 Å². The van der Waals surface area contributed by atoms with E-state index >= 15 is 0 Å². The lowest BCUT2D eigenvalue weighted by molar-refractivity contribution is 0.0903. The first-order valence-electron chi connectivity index (χ1n) is 9.71. The molecular formula is C20H19F2N5O4. The van der Waals surface area contributed by atoms with Crippen LogP contribution in [0.2, 0.25) is 0 Å². The SMILES string of the molecule is Cn1cc(Oc2c(F)cc(COc3cc4n(c(=O)n3)CC3CCOCN43)cc2F)cn1. The van der Waals surface area contributed by atoms with Crippen molar-refractivity contribution in [1.29, 1.82) is 0 Å². The molecule has 162 valence electrons. The summed E-state index contributed by atoms with van der Waals surface area (Å²) in [6, 6.07) is 4.06. The molecule has 2 aromatic heterocycles. The van der Waals surface area contributed by atoms with E-state index in [0.29, 0.717) is 25.7 Å². The summed E-state index contributed by atoms with van der Waals surface area (Å²) < 4.78 is 48.2. The van der Waals surface area contributed by atoms with Gasteiger partial charge in [0.05, 0.1) is 25.0 Å². The van der Waals surface area contributed by atoms with E-state index in [1.807, 2.05) is 4.90 Å².